The first-order chi connectivity index (χ1) is 13.8. The number of aldehydes is 1. The molecule has 30 heavy (non-hydrogen) atoms. The second kappa shape index (κ2) is 10.9. The molecule has 1 aromatic carbocycles. The molecule has 164 valence electrons. The second-order valence-electron chi connectivity index (χ2n) is 9.05. The molecule has 2 rings (SSSR count). The minimum atomic E-state index is -0.565. The summed E-state index contributed by atoms with van der Waals surface area (Å²) in [6.07, 6.45) is 4.74. The highest BCUT2D eigenvalue weighted by atomic mass is 127. The largest absolute Gasteiger partial charge is 0.428 e. The average Bonchev–Trinajstić information content (AvgIpc) is 2.60. The van der Waals surface area contributed by atoms with Gasteiger partial charge >= 0.3 is 5.63 Å². The molecular weight excluding hydrogens is 606 g/mol. The highest BCUT2D eigenvalue weighted by Crippen LogP contribution is 2.41. The third-order valence-corrected chi connectivity index (χ3v) is 5.68. The standard InChI is InChI=1S/C17H25IO.C7H5IO3/c1-8-9-12-10-13(16(2,3)4)15(19-18)14(11-12)17(5,6)7;1-4-2-6(8)5(3-9)7(10)11-4/h8-11H,1-7H3;2-3H,1H3/b9-8+;. The summed E-state index contributed by atoms with van der Waals surface area (Å²) in [4.78, 5) is 21.2. The van der Waals surface area contributed by atoms with Crippen LogP contribution in [-0.4, -0.2) is 6.29 Å². The molecule has 0 bridgehead atoms. The van der Waals surface area contributed by atoms with Gasteiger partial charge in [-0.1, -0.05) is 53.7 Å². The second-order valence-corrected chi connectivity index (χ2v) is 10.6. The molecule has 0 fully saturated rings. The SMILES string of the molecule is C/C=C/c1cc(C(C)(C)C)c(OI)c(C(C)(C)C)c1.Cc1cc(I)c(C=O)c(=O)o1. The summed E-state index contributed by atoms with van der Waals surface area (Å²) < 4.78 is 11.0. The zero-order valence-electron chi connectivity index (χ0n) is 18.9. The van der Waals surface area contributed by atoms with E-state index in [4.69, 9.17) is 3.07 Å². The highest BCUT2D eigenvalue weighted by molar-refractivity contribution is 14.1. The van der Waals surface area contributed by atoms with Gasteiger partial charge in [0.15, 0.2) is 29.3 Å². The van der Waals surface area contributed by atoms with Crippen LogP contribution < -0.4 is 8.69 Å². The molecule has 1 heterocycles. The van der Waals surface area contributed by atoms with Crippen molar-refractivity contribution in [1.82, 2.24) is 0 Å². The smallest absolute Gasteiger partial charge is 0.347 e. The van der Waals surface area contributed by atoms with Crippen molar-refractivity contribution in [1.29, 1.82) is 0 Å². The van der Waals surface area contributed by atoms with E-state index in [2.05, 4.69) is 77.2 Å². The van der Waals surface area contributed by atoms with Gasteiger partial charge in [0.2, 0.25) is 0 Å². The Bertz CT molecular complexity index is 939. The predicted molar refractivity (Wildman–Crippen MR) is 141 cm³/mol. The predicted octanol–water partition coefficient (Wildman–Crippen LogP) is 7.41. The molecule has 0 radical (unpaired) electrons. The molecular formula is C24H30I2O4. The van der Waals surface area contributed by atoms with Crippen LogP contribution in [0.4, 0.5) is 0 Å². The van der Waals surface area contributed by atoms with Gasteiger partial charge in [0, 0.05) is 14.7 Å². The molecule has 0 saturated carbocycles. The van der Waals surface area contributed by atoms with Crippen molar-refractivity contribution < 1.29 is 12.3 Å². The van der Waals surface area contributed by atoms with Crippen LogP contribution >= 0.6 is 45.6 Å². The minimum Gasteiger partial charge on any atom is -0.428 e. The zero-order valence-corrected chi connectivity index (χ0v) is 23.2. The van der Waals surface area contributed by atoms with Crippen molar-refractivity contribution in [2.24, 2.45) is 0 Å². The number of allylic oxidation sites excluding steroid dienone is 1. The summed E-state index contributed by atoms with van der Waals surface area (Å²) in [5.41, 5.74) is 3.44. The third-order valence-electron chi connectivity index (χ3n) is 4.34. The van der Waals surface area contributed by atoms with Gasteiger partial charge in [-0.2, -0.15) is 0 Å². The summed E-state index contributed by atoms with van der Waals surface area (Å²) >= 11 is 3.92. The molecule has 0 N–H and O–H groups in total. The monoisotopic (exact) mass is 636 g/mol. The highest BCUT2D eigenvalue weighted by Gasteiger charge is 2.27. The van der Waals surface area contributed by atoms with Gasteiger partial charge < -0.3 is 7.48 Å². The van der Waals surface area contributed by atoms with Crippen LogP contribution in [0.3, 0.4) is 0 Å². The summed E-state index contributed by atoms with van der Waals surface area (Å²) in [5, 5.41) is 0. The molecule has 1 aromatic heterocycles. The van der Waals surface area contributed by atoms with Crippen molar-refractivity contribution in [2.45, 2.75) is 66.2 Å². The topological polar surface area (TPSA) is 56.5 Å². The maximum absolute atomic E-state index is 10.9. The van der Waals surface area contributed by atoms with Gasteiger partial charge in [0.05, 0.1) is 0 Å². The van der Waals surface area contributed by atoms with Crippen molar-refractivity contribution >= 4 is 58.0 Å². The molecule has 0 aliphatic carbocycles. The van der Waals surface area contributed by atoms with Gasteiger partial charge in [-0.15, -0.1) is 0 Å². The molecule has 4 nitrogen and oxygen atoms in total. The van der Waals surface area contributed by atoms with Crippen LogP contribution in [0.5, 0.6) is 5.75 Å². The molecule has 0 atom stereocenters. The van der Waals surface area contributed by atoms with Crippen molar-refractivity contribution in [3.8, 4) is 5.75 Å². The number of benzene rings is 1. The van der Waals surface area contributed by atoms with E-state index in [0.29, 0.717) is 15.6 Å². The fraction of sp³-hybridized carbons (Fsp3) is 0.417. The van der Waals surface area contributed by atoms with Crippen LogP contribution in [-0.2, 0) is 10.8 Å². The van der Waals surface area contributed by atoms with Crippen LogP contribution in [0.1, 0.15) is 81.3 Å². The fourth-order valence-corrected chi connectivity index (χ4v) is 4.09. The van der Waals surface area contributed by atoms with Crippen LogP contribution in [0, 0.1) is 10.5 Å². The number of hydrogen-bond acceptors (Lipinski definition) is 4. The summed E-state index contributed by atoms with van der Waals surface area (Å²) in [7, 11) is 0. The Hall–Kier alpha value is -1.16. The normalized spacial score (nSPS) is 11.8. The van der Waals surface area contributed by atoms with Crippen molar-refractivity contribution in [3.05, 3.63) is 66.3 Å². The number of hydrogen-bond donors (Lipinski definition) is 0. The molecule has 0 aliphatic heterocycles. The average molecular weight is 636 g/mol. The molecule has 0 aliphatic rings. The maximum atomic E-state index is 10.9. The third kappa shape index (κ3) is 7.21. The van der Waals surface area contributed by atoms with E-state index in [1.807, 2.05) is 45.6 Å². The summed E-state index contributed by atoms with van der Waals surface area (Å²) in [6.45, 7) is 17.1. The van der Waals surface area contributed by atoms with E-state index >= 15 is 0 Å². The molecule has 2 aromatic rings. The van der Waals surface area contributed by atoms with Gasteiger partial charge in [0.25, 0.3) is 0 Å². The van der Waals surface area contributed by atoms with E-state index in [-0.39, 0.29) is 16.4 Å². The van der Waals surface area contributed by atoms with Crippen molar-refractivity contribution in [3.63, 3.8) is 0 Å². The number of halogens is 2. The van der Waals surface area contributed by atoms with E-state index in [9.17, 15) is 9.59 Å². The van der Waals surface area contributed by atoms with Gasteiger partial charge in [-0.25, -0.2) is 4.79 Å². The number of aryl methyl sites for hydroxylation is 1. The lowest BCUT2D eigenvalue weighted by Gasteiger charge is -2.29. The molecule has 0 saturated heterocycles. The minimum absolute atomic E-state index is 0.0676. The van der Waals surface area contributed by atoms with Crippen molar-refractivity contribution in [2.75, 3.05) is 0 Å². The Morgan fingerprint density at radius 2 is 1.50 bits per heavy atom. The van der Waals surface area contributed by atoms with E-state index in [0.717, 1.165) is 5.75 Å². The lowest BCUT2D eigenvalue weighted by atomic mass is 9.78. The van der Waals surface area contributed by atoms with Gasteiger partial charge in [-0.3, -0.25) is 4.79 Å². The van der Waals surface area contributed by atoms with E-state index in [1.54, 1.807) is 13.0 Å². The Kier molecular flexibility index (Phi) is 9.79. The van der Waals surface area contributed by atoms with Crippen LogP contribution in [0.2, 0.25) is 0 Å². The van der Waals surface area contributed by atoms with Gasteiger partial charge in [0.1, 0.15) is 17.1 Å². The maximum Gasteiger partial charge on any atom is 0.347 e. The summed E-state index contributed by atoms with van der Waals surface area (Å²) in [6, 6.07) is 6.12. The van der Waals surface area contributed by atoms with Crippen LogP contribution in [0.15, 0.2) is 33.5 Å². The van der Waals surface area contributed by atoms with Crippen LogP contribution in [0.25, 0.3) is 6.08 Å². The first kappa shape index (κ1) is 26.9. The lowest BCUT2D eigenvalue weighted by Crippen LogP contribution is -2.18. The summed E-state index contributed by atoms with van der Waals surface area (Å²) in [5.74, 6) is 1.54. The zero-order chi connectivity index (χ0) is 23.3. The molecule has 0 unspecified atom stereocenters. The Labute approximate surface area is 207 Å². The van der Waals surface area contributed by atoms with E-state index < -0.39 is 5.63 Å². The Morgan fingerprint density at radius 3 is 1.83 bits per heavy atom. The number of rotatable bonds is 3. The quantitative estimate of drug-likeness (QED) is 0.260. The molecule has 0 spiro atoms. The first-order valence-electron chi connectivity index (χ1n) is 9.62. The number of carbonyl (C=O) groups excluding carboxylic acids is 1. The number of carbonyl (C=O) groups is 1. The Morgan fingerprint density at radius 1 is 1.00 bits per heavy atom. The first-order valence-corrected chi connectivity index (χ1v) is 11.6. The lowest BCUT2D eigenvalue weighted by molar-refractivity contribution is 0.111. The van der Waals surface area contributed by atoms with E-state index in [1.165, 1.54) is 16.7 Å². The molecule has 6 heteroatoms. The fourth-order valence-electron chi connectivity index (χ4n) is 2.83. The van der Waals surface area contributed by atoms with Gasteiger partial charge in [-0.05, 0) is 71.0 Å². The Balaban J connectivity index is 0.000000346. The molecule has 0 amide bonds.